The fourth-order valence-electron chi connectivity index (χ4n) is 3.79. The predicted molar refractivity (Wildman–Crippen MR) is 169 cm³/mol. The topological polar surface area (TPSA) is 42.3 Å². The Kier molecular flexibility index (Phi) is 21.1. The van der Waals surface area contributed by atoms with Gasteiger partial charge in [-0.3, -0.25) is 0 Å². The molecule has 0 radical (unpaired) electrons. The van der Waals surface area contributed by atoms with Crippen LogP contribution in [-0.4, -0.2) is 47.6 Å². The molecule has 212 valence electrons. The smallest absolute Gasteiger partial charge is 4.00 e. The summed E-state index contributed by atoms with van der Waals surface area (Å²) in [7, 11) is 0. The molecule has 0 amide bonds. The normalized spacial score (nSPS) is 12.8. The van der Waals surface area contributed by atoms with Crippen molar-refractivity contribution in [1.29, 1.82) is 0 Å². The van der Waals surface area contributed by atoms with Crippen LogP contribution in [0.1, 0.15) is 125 Å². The first kappa shape index (κ1) is 43.7. The van der Waals surface area contributed by atoms with Crippen LogP contribution < -0.4 is 4.40 Å². The van der Waals surface area contributed by atoms with Crippen molar-refractivity contribution in [3.63, 3.8) is 0 Å². The molecule has 0 N–H and O–H groups in total. The Balaban J connectivity index is -0.000000188. The third-order valence-electron chi connectivity index (χ3n) is 3.37. The van der Waals surface area contributed by atoms with Crippen LogP contribution >= 0.6 is 0 Å². The Bertz CT molecular complexity index is 526. The van der Waals surface area contributed by atoms with Crippen LogP contribution in [0.3, 0.4) is 0 Å². The molecule has 1 aromatic rings. The largest absolute Gasteiger partial charge is 4.00 e. The van der Waals surface area contributed by atoms with Crippen molar-refractivity contribution in [2.45, 2.75) is 169 Å². The second-order valence-electron chi connectivity index (χ2n) is 15.7. The van der Waals surface area contributed by atoms with Gasteiger partial charge < -0.3 is 16.0 Å². The van der Waals surface area contributed by atoms with E-state index in [0.29, 0.717) is 0 Å². The summed E-state index contributed by atoms with van der Waals surface area (Å²) in [5.41, 5.74) is 0.656. The summed E-state index contributed by atoms with van der Waals surface area (Å²) >= 11 is -0.888. The minimum absolute atomic E-state index is 0. The maximum atomic E-state index is 4.54. The van der Waals surface area contributed by atoms with Gasteiger partial charge >= 0.3 is 80.4 Å². The molecule has 0 unspecified atom stereocenters. The molecule has 0 saturated heterocycles. The second kappa shape index (κ2) is 17.4. The molecule has 0 aliphatic rings. The van der Waals surface area contributed by atoms with Crippen molar-refractivity contribution in [2.75, 3.05) is 0 Å². The van der Waals surface area contributed by atoms with Gasteiger partial charge in [0, 0.05) is 0 Å². The van der Waals surface area contributed by atoms with Crippen LogP contribution in [0, 0.1) is 0 Å². The summed E-state index contributed by atoms with van der Waals surface area (Å²) < 4.78 is 1.62. The van der Waals surface area contributed by atoms with Gasteiger partial charge in [-0.2, -0.15) is 0 Å². The molecule has 3 nitrogen and oxygen atoms in total. The van der Waals surface area contributed by atoms with Crippen molar-refractivity contribution in [3.05, 3.63) is 40.2 Å². The molecule has 5 heteroatoms. The fourth-order valence-corrected chi connectivity index (χ4v) is 5.87. The van der Waals surface area contributed by atoms with Crippen molar-refractivity contribution >= 4 is 18.7 Å². The van der Waals surface area contributed by atoms with E-state index in [0.717, 1.165) is 0 Å². The van der Waals surface area contributed by atoms with Gasteiger partial charge in [0.1, 0.15) is 0 Å². The van der Waals surface area contributed by atoms with Gasteiger partial charge in [0.25, 0.3) is 0 Å². The molecule has 1 rings (SSSR count). The van der Waals surface area contributed by atoms with Gasteiger partial charge in [0.2, 0.25) is 0 Å². The van der Waals surface area contributed by atoms with E-state index in [-0.39, 0.29) is 59.1 Å². The number of nitrogens with zero attached hydrogens (tertiary/aromatic N) is 3. The van der Waals surface area contributed by atoms with Gasteiger partial charge in [0.05, 0.1) is 0 Å². The van der Waals surface area contributed by atoms with Gasteiger partial charge in [0.15, 0.2) is 0 Å². The first-order valence-electron chi connectivity index (χ1n) is 13.4. The van der Waals surface area contributed by atoms with E-state index in [1.807, 2.05) is 0 Å². The zero-order valence-electron chi connectivity index (χ0n) is 28.2. The van der Waals surface area contributed by atoms with Gasteiger partial charge in [-0.1, -0.05) is 125 Å². The third-order valence-corrected chi connectivity index (χ3v) is 6.97. The van der Waals surface area contributed by atoms with E-state index in [1.54, 1.807) is 4.40 Å². The van der Waals surface area contributed by atoms with E-state index in [1.165, 1.54) is 0 Å². The molecular weight excluding hydrogens is 665 g/mol. The summed E-state index contributed by atoms with van der Waals surface area (Å²) in [5.74, 6) is 4.78. The first-order valence-corrected chi connectivity index (χ1v) is 19.4. The maximum Gasteiger partial charge on any atom is 4.00 e. The molecule has 0 heterocycles. The van der Waals surface area contributed by atoms with Crippen LogP contribution in [0.2, 0.25) is 11.5 Å². The molecule has 0 spiro atoms. The molecule has 0 aromatic heterocycles. The van der Waals surface area contributed by atoms with E-state index in [4.69, 9.17) is 0 Å². The minimum Gasteiger partial charge on any atom is 4.00 e. The van der Waals surface area contributed by atoms with Gasteiger partial charge in [-0.15, -0.1) is 33.2 Å². The minimum atomic E-state index is -0.888. The van der Waals surface area contributed by atoms with Crippen molar-refractivity contribution < 1.29 is 25.8 Å². The Morgan fingerprint density at radius 3 is 0.639 bits per heavy atom. The molecule has 0 bridgehead atoms. The van der Waals surface area contributed by atoms with Crippen molar-refractivity contribution in [1.82, 2.24) is 0 Å². The van der Waals surface area contributed by atoms with Crippen molar-refractivity contribution in [2.24, 2.45) is 0 Å². The van der Waals surface area contributed by atoms with Crippen LogP contribution in [0.25, 0.3) is 16.0 Å². The average Bonchev–Trinajstić information content (AvgIpc) is 2.89. The molecule has 1 aromatic carbocycles. The van der Waals surface area contributed by atoms with Gasteiger partial charge in [-0.25, -0.2) is 0 Å². The number of rotatable bonds is 1. The molecular formula is C31H65GeHfN3. The number of hydrogen-bond donors (Lipinski definition) is 0. The molecule has 0 fully saturated rings. The average molecular weight is 731 g/mol. The second-order valence-corrected chi connectivity index (χ2v) is 22.0. The molecule has 0 aliphatic heterocycles. The summed E-state index contributed by atoms with van der Waals surface area (Å²) in [5, 5.41) is 13.6. The van der Waals surface area contributed by atoms with Gasteiger partial charge in [-0.05, 0) is 0 Å². The van der Waals surface area contributed by atoms with E-state index in [2.05, 4.69) is 176 Å². The van der Waals surface area contributed by atoms with E-state index >= 15 is 0 Å². The Morgan fingerprint density at radius 1 is 0.417 bits per heavy atom. The fraction of sp³-hybridized carbons (Fsp3) is 0.839. The molecule has 0 saturated carbocycles. The zero-order valence-corrected chi connectivity index (χ0v) is 34.2. The van der Waals surface area contributed by atoms with E-state index < -0.39 is 14.3 Å². The van der Waals surface area contributed by atoms with Crippen LogP contribution in [-0.2, 0) is 25.8 Å². The van der Waals surface area contributed by atoms with Crippen LogP contribution in [0.5, 0.6) is 0 Å². The summed E-state index contributed by atoms with van der Waals surface area (Å²) in [4.78, 5) is 0. The van der Waals surface area contributed by atoms with E-state index in [9.17, 15) is 0 Å². The van der Waals surface area contributed by atoms with Crippen LogP contribution in [0.4, 0.5) is 0 Å². The first-order chi connectivity index (χ1) is 14.9. The third kappa shape index (κ3) is 44.6. The zero-order chi connectivity index (χ0) is 29.1. The van der Waals surface area contributed by atoms with Crippen LogP contribution in [0.15, 0.2) is 24.3 Å². The SMILES string of the molecule is CC(C)(C)[N-]C(C)(C)C.CC(C)(C)[N-]C(C)(C)C.CC(C)(C)[N-]C(C)(C)C.[CH3][GeH]([CH3])[c-]1cccc1.[Hf+4]. The van der Waals surface area contributed by atoms with Crippen molar-refractivity contribution in [3.8, 4) is 0 Å². The Hall–Kier alpha value is 0.643. The summed E-state index contributed by atoms with van der Waals surface area (Å²) in [6.45, 7) is 38.2. The standard InChI is InChI=1S/3C8H18N.C7H11Ge.Hf/c3*1-7(2,3)9-8(4,5)6;1-8(2)7-5-3-4-6-7;/h3*1-6H3;3-6,8H,1-2H3;/q4*-1;+4. The number of hydrogen-bond acceptors (Lipinski definition) is 0. The summed E-state index contributed by atoms with van der Waals surface area (Å²) in [6, 6.07) is 8.73. The quantitative estimate of drug-likeness (QED) is 0.204. The Morgan fingerprint density at radius 2 is 0.583 bits per heavy atom. The molecule has 36 heavy (non-hydrogen) atoms. The predicted octanol–water partition coefficient (Wildman–Crippen LogP) is 9.97. The Labute approximate surface area is 252 Å². The molecule has 0 aliphatic carbocycles. The monoisotopic (exact) mass is 733 g/mol. The maximum absolute atomic E-state index is 4.54. The molecule has 0 atom stereocenters. The summed E-state index contributed by atoms with van der Waals surface area (Å²) in [6.07, 6.45) is 0.